The van der Waals surface area contributed by atoms with E-state index in [1.165, 1.54) is 18.3 Å². The highest BCUT2D eigenvalue weighted by Crippen LogP contribution is 2.21. The van der Waals surface area contributed by atoms with Gasteiger partial charge in [0, 0.05) is 35.8 Å². The van der Waals surface area contributed by atoms with Crippen molar-refractivity contribution in [1.29, 1.82) is 0 Å². The molecule has 0 amide bonds. The van der Waals surface area contributed by atoms with Gasteiger partial charge in [-0.15, -0.1) is 0 Å². The normalized spacial score (nSPS) is 10.3. The number of aryl methyl sites for hydroxylation is 1. The Morgan fingerprint density at radius 1 is 1.04 bits per heavy atom. The molecule has 2 aromatic carbocycles. The molecule has 1 N–H and O–H groups in total. The zero-order valence-corrected chi connectivity index (χ0v) is 14.1. The van der Waals surface area contributed by atoms with Crippen LogP contribution in [0.15, 0.2) is 67.1 Å². The number of ether oxygens (including phenoxy) is 1. The van der Waals surface area contributed by atoms with E-state index in [-0.39, 0.29) is 12.2 Å². The molecule has 6 heteroatoms. The van der Waals surface area contributed by atoms with Crippen molar-refractivity contribution in [3.8, 4) is 16.9 Å². The van der Waals surface area contributed by atoms with Crippen LogP contribution in [0, 0.1) is 18.6 Å². The van der Waals surface area contributed by atoms with Gasteiger partial charge in [-0.3, -0.25) is 0 Å². The van der Waals surface area contributed by atoms with Gasteiger partial charge in [0.1, 0.15) is 29.8 Å². The molecule has 26 heavy (non-hydrogen) atoms. The summed E-state index contributed by atoms with van der Waals surface area (Å²) in [7, 11) is 0. The van der Waals surface area contributed by atoms with Crippen LogP contribution in [0.4, 0.5) is 8.78 Å². The highest BCUT2D eigenvalue weighted by Gasteiger charge is 2.06. The fourth-order valence-electron chi connectivity index (χ4n) is 2.32. The summed E-state index contributed by atoms with van der Waals surface area (Å²) in [4.78, 5) is 11.6. The summed E-state index contributed by atoms with van der Waals surface area (Å²) in [6.45, 7) is 1.98. The van der Waals surface area contributed by atoms with Crippen molar-refractivity contribution in [3.05, 3.63) is 90.3 Å². The van der Waals surface area contributed by atoms with Gasteiger partial charge in [-0.25, -0.2) is 18.7 Å². The maximum Gasteiger partial charge on any atom is 0.134 e. The predicted octanol–water partition coefficient (Wildman–Crippen LogP) is 4.76. The Labute approximate surface area is 149 Å². The average molecular weight is 353 g/mol. The van der Waals surface area contributed by atoms with Gasteiger partial charge in [0.25, 0.3) is 0 Å². The van der Waals surface area contributed by atoms with Gasteiger partial charge < -0.3 is 9.72 Å². The Bertz CT molecular complexity index is 941. The molecule has 0 radical (unpaired) electrons. The summed E-state index contributed by atoms with van der Waals surface area (Å²) in [6, 6.07) is 12.8. The van der Waals surface area contributed by atoms with Crippen LogP contribution in [0.25, 0.3) is 11.1 Å². The lowest BCUT2D eigenvalue weighted by Crippen LogP contribution is -1.98. The topological polar surface area (TPSA) is 50.8 Å². The maximum atomic E-state index is 14.0. The standard InChI is InChI=1S/C20H17F2N3O/c1-14-24-11-15(19-8-7-16(21)9-20(19)22)10-23-12-17(25-14)13-26-18-5-3-2-4-6-18/h2-12,23H,13H2,1H3. The molecule has 3 aromatic rings. The van der Waals surface area contributed by atoms with Gasteiger partial charge in [-0.1, -0.05) is 18.2 Å². The Kier molecular flexibility index (Phi) is 5.53. The molecule has 0 aliphatic carbocycles. The van der Waals surface area contributed by atoms with E-state index in [4.69, 9.17) is 4.74 Å². The Morgan fingerprint density at radius 2 is 1.85 bits per heavy atom. The zero-order chi connectivity index (χ0) is 18.4. The van der Waals surface area contributed by atoms with E-state index in [2.05, 4.69) is 15.0 Å². The molecule has 1 heterocycles. The quantitative estimate of drug-likeness (QED) is 0.736. The minimum atomic E-state index is -0.657. The van der Waals surface area contributed by atoms with Gasteiger partial charge in [0.05, 0.1) is 5.69 Å². The number of benzene rings is 2. The van der Waals surface area contributed by atoms with Gasteiger partial charge >= 0.3 is 0 Å². The van der Waals surface area contributed by atoms with E-state index in [9.17, 15) is 8.78 Å². The van der Waals surface area contributed by atoms with Crippen LogP contribution < -0.4 is 4.74 Å². The zero-order valence-electron chi connectivity index (χ0n) is 14.1. The molecular weight excluding hydrogens is 336 g/mol. The number of aromatic nitrogens is 3. The Hall–Kier alpha value is -3.28. The van der Waals surface area contributed by atoms with Gasteiger partial charge in [0.15, 0.2) is 0 Å². The van der Waals surface area contributed by atoms with Gasteiger partial charge in [0.2, 0.25) is 0 Å². The van der Waals surface area contributed by atoms with Crippen LogP contribution in [0.5, 0.6) is 5.75 Å². The highest BCUT2D eigenvalue weighted by atomic mass is 19.1. The minimum Gasteiger partial charge on any atom is -0.487 e. The van der Waals surface area contributed by atoms with Crippen molar-refractivity contribution in [1.82, 2.24) is 15.0 Å². The third-order valence-corrected chi connectivity index (χ3v) is 3.56. The van der Waals surface area contributed by atoms with Crippen molar-refractivity contribution in [3.63, 3.8) is 0 Å². The summed E-state index contributed by atoms with van der Waals surface area (Å²) in [5.41, 5.74) is 1.34. The fraction of sp³-hybridized carbons (Fsp3) is 0.100. The van der Waals surface area contributed by atoms with Crippen molar-refractivity contribution in [2.45, 2.75) is 13.5 Å². The lowest BCUT2D eigenvalue weighted by Gasteiger charge is -2.04. The first-order valence-electron chi connectivity index (χ1n) is 8.00. The van der Waals surface area contributed by atoms with E-state index in [0.29, 0.717) is 17.1 Å². The lowest BCUT2D eigenvalue weighted by molar-refractivity contribution is 0.300. The second kappa shape index (κ2) is 8.20. The largest absolute Gasteiger partial charge is 0.487 e. The number of hydrogen-bond donors (Lipinski definition) is 1. The number of aromatic amines is 1. The lowest BCUT2D eigenvalue weighted by atomic mass is 10.1. The van der Waals surface area contributed by atoms with Crippen molar-refractivity contribution >= 4 is 0 Å². The smallest absolute Gasteiger partial charge is 0.134 e. The summed E-state index contributed by atoms with van der Waals surface area (Å²) < 4.78 is 32.8. The van der Waals surface area contributed by atoms with Gasteiger partial charge in [-0.05, 0) is 31.2 Å². The van der Waals surface area contributed by atoms with Crippen molar-refractivity contribution in [2.75, 3.05) is 0 Å². The molecule has 0 aliphatic heterocycles. The number of H-pyrrole nitrogens is 1. The molecule has 0 unspecified atom stereocenters. The Balaban J connectivity index is 1.90. The van der Waals surface area contributed by atoms with Crippen molar-refractivity contribution in [2.24, 2.45) is 0 Å². The number of hydrogen-bond acceptors (Lipinski definition) is 3. The van der Waals surface area contributed by atoms with Crippen LogP contribution in [0.2, 0.25) is 0 Å². The van der Waals surface area contributed by atoms with E-state index in [1.807, 2.05) is 30.3 Å². The summed E-state index contributed by atoms with van der Waals surface area (Å²) in [5, 5.41) is 0. The van der Waals surface area contributed by atoms with Crippen LogP contribution in [-0.4, -0.2) is 15.0 Å². The molecule has 0 saturated carbocycles. The van der Waals surface area contributed by atoms with Crippen molar-refractivity contribution < 1.29 is 13.5 Å². The van der Waals surface area contributed by atoms with E-state index >= 15 is 0 Å². The number of nitrogens with zero attached hydrogens (tertiary/aromatic N) is 2. The summed E-state index contributed by atoms with van der Waals surface area (Å²) in [5.74, 6) is -0.0629. The predicted molar refractivity (Wildman–Crippen MR) is 94.9 cm³/mol. The van der Waals surface area contributed by atoms with Crippen LogP contribution in [-0.2, 0) is 6.61 Å². The summed E-state index contributed by atoms with van der Waals surface area (Å²) >= 11 is 0. The molecule has 0 aliphatic rings. The minimum absolute atomic E-state index is 0.243. The maximum absolute atomic E-state index is 14.0. The first-order valence-corrected chi connectivity index (χ1v) is 8.00. The molecule has 0 atom stereocenters. The average Bonchev–Trinajstić information content (AvgIpc) is 2.72. The molecule has 132 valence electrons. The van der Waals surface area contributed by atoms with Gasteiger partial charge in [-0.2, -0.15) is 0 Å². The number of para-hydroxylation sites is 1. The SMILES string of the molecule is Cc1ncc(-c2ccc(F)cc2F)c[nH]cc(COc2ccccc2)n1. The molecule has 0 bridgehead atoms. The first-order chi connectivity index (χ1) is 12.6. The highest BCUT2D eigenvalue weighted by molar-refractivity contribution is 5.61. The van der Waals surface area contributed by atoms with Crippen LogP contribution >= 0.6 is 0 Å². The van der Waals surface area contributed by atoms with E-state index < -0.39 is 11.6 Å². The summed E-state index contributed by atoms with van der Waals surface area (Å²) in [6.07, 6.45) is 4.72. The molecular formula is C20H17F2N3O. The monoisotopic (exact) mass is 353 g/mol. The molecule has 0 spiro atoms. The third kappa shape index (κ3) is 4.63. The first kappa shape index (κ1) is 17.5. The molecule has 4 nitrogen and oxygen atoms in total. The second-order valence-corrected chi connectivity index (χ2v) is 5.55. The second-order valence-electron chi connectivity index (χ2n) is 5.55. The Morgan fingerprint density at radius 3 is 2.62 bits per heavy atom. The number of nitrogens with one attached hydrogen (secondary N) is 1. The molecule has 0 saturated heterocycles. The van der Waals surface area contributed by atoms with E-state index in [1.54, 1.807) is 19.3 Å². The molecule has 1 aromatic heterocycles. The van der Waals surface area contributed by atoms with Crippen LogP contribution in [0.3, 0.4) is 0 Å². The van der Waals surface area contributed by atoms with E-state index in [0.717, 1.165) is 11.8 Å². The molecule has 0 fully saturated rings. The number of halogens is 2. The van der Waals surface area contributed by atoms with Crippen LogP contribution in [0.1, 0.15) is 11.5 Å². The molecule has 3 rings (SSSR count). The number of rotatable bonds is 4. The fourth-order valence-corrected chi connectivity index (χ4v) is 2.32. The third-order valence-electron chi connectivity index (χ3n) is 3.56.